The molecular weight excluding hydrogens is 491 g/mol. The van der Waals surface area contributed by atoms with Crippen molar-refractivity contribution in [3.8, 4) is 5.75 Å². The van der Waals surface area contributed by atoms with E-state index in [2.05, 4.69) is 4.98 Å². The molecular formula is C26H22Cl2N2O5. The molecule has 1 aliphatic rings. The largest absolute Gasteiger partial charge is 0.489 e. The van der Waals surface area contributed by atoms with Gasteiger partial charge in [-0.2, -0.15) is 0 Å². The van der Waals surface area contributed by atoms with E-state index in [1.165, 1.54) is 7.11 Å². The van der Waals surface area contributed by atoms with Gasteiger partial charge in [-0.15, -0.1) is 0 Å². The van der Waals surface area contributed by atoms with Gasteiger partial charge in [0.1, 0.15) is 12.4 Å². The Kier molecular flexibility index (Phi) is 7.68. The number of hydrogen-bond donors (Lipinski definition) is 0. The van der Waals surface area contributed by atoms with E-state index in [0.29, 0.717) is 33.3 Å². The van der Waals surface area contributed by atoms with Crippen LogP contribution in [-0.2, 0) is 4.74 Å². The zero-order chi connectivity index (χ0) is 24.9. The number of carbonyl (C=O) groups is 1. The Labute approximate surface area is 212 Å². The SMILES string of the molecule is COC(=O)c1cccc(OCC2=C(c3cccnc3)C[C@@H](c3ccc(Cl)cc3Cl)[C@H]([N+](=O)[O-])C2)c1. The zero-order valence-corrected chi connectivity index (χ0v) is 20.3. The van der Waals surface area contributed by atoms with Crippen molar-refractivity contribution in [3.63, 3.8) is 0 Å². The lowest BCUT2D eigenvalue weighted by atomic mass is 9.75. The van der Waals surface area contributed by atoms with Gasteiger partial charge in [0.25, 0.3) is 0 Å². The number of pyridine rings is 1. The average molecular weight is 513 g/mol. The standard InChI is InChI=1S/C26H22Cl2N2O5/c1-34-26(31)16-4-2-6-20(10-16)35-15-18-11-25(30(32)33)23(21-8-7-19(27)12-24(21)28)13-22(18)17-5-3-9-29-14-17/h2-10,12,14,23,25H,11,13,15H2,1H3/t23-,25+/m0/s1. The van der Waals surface area contributed by atoms with Gasteiger partial charge in [-0.1, -0.05) is 41.4 Å². The van der Waals surface area contributed by atoms with Crippen LogP contribution in [0.25, 0.3) is 5.57 Å². The normalized spacial score (nSPS) is 17.7. The van der Waals surface area contributed by atoms with Crippen molar-refractivity contribution in [2.75, 3.05) is 13.7 Å². The number of hydrogen-bond acceptors (Lipinski definition) is 6. The third-order valence-corrected chi connectivity index (χ3v) is 6.64. The zero-order valence-electron chi connectivity index (χ0n) is 18.8. The van der Waals surface area contributed by atoms with Crippen LogP contribution in [0.4, 0.5) is 0 Å². The highest BCUT2D eigenvalue weighted by molar-refractivity contribution is 6.35. The van der Waals surface area contributed by atoms with Gasteiger partial charge in [-0.25, -0.2) is 4.79 Å². The van der Waals surface area contributed by atoms with E-state index >= 15 is 0 Å². The second-order valence-corrected chi connectivity index (χ2v) is 9.01. The molecule has 0 N–H and O–H groups in total. The molecule has 1 aliphatic carbocycles. The van der Waals surface area contributed by atoms with Gasteiger partial charge in [0.05, 0.1) is 18.6 Å². The van der Waals surface area contributed by atoms with Crippen LogP contribution in [0.3, 0.4) is 0 Å². The fourth-order valence-electron chi connectivity index (χ4n) is 4.37. The number of benzene rings is 2. The highest BCUT2D eigenvalue weighted by Crippen LogP contribution is 2.44. The van der Waals surface area contributed by atoms with Crippen LogP contribution in [0.2, 0.25) is 10.0 Å². The molecule has 9 heteroatoms. The van der Waals surface area contributed by atoms with E-state index < -0.39 is 17.9 Å². The second-order valence-electron chi connectivity index (χ2n) is 8.17. The third-order valence-electron chi connectivity index (χ3n) is 6.08. The number of allylic oxidation sites excluding steroid dienone is 1. The number of aromatic nitrogens is 1. The lowest BCUT2D eigenvalue weighted by molar-refractivity contribution is -0.526. The van der Waals surface area contributed by atoms with Crippen LogP contribution in [-0.4, -0.2) is 35.6 Å². The minimum atomic E-state index is -0.894. The summed E-state index contributed by atoms with van der Waals surface area (Å²) in [5, 5.41) is 13.0. The fraction of sp³-hybridized carbons (Fsp3) is 0.231. The predicted molar refractivity (Wildman–Crippen MR) is 134 cm³/mol. The molecule has 0 radical (unpaired) electrons. The van der Waals surface area contributed by atoms with Crippen molar-refractivity contribution in [1.29, 1.82) is 0 Å². The topological polar surface area (TPSA) is 91.6 Å². The van der Waals surface area contributed by atoms with Crippen molar-refractivity contribution >= 4 is 34.7 Å². The molecule has 0 amide bonds. The van der Waals surface area contributed by atoms with Crippen molar-refractivity contribution in [2.24, 2.45) is 0 Å². The van der Waals surface area contributed by atoms with Crippen molar-refractivity contribution in [3.05, 3.63) is 109 Å². The number of carbonyl (C=O) groups excluding carboxylic acids is 1. The molecule has 0 fully saturated rings. The predicted octanol–water partition coefficient (Wildman–Crippen LogP) is 6.23. The maximum absolute atomic E-state index is 12.1. The van der Waals surface area contributed by atoms with E-state index in [0.717, 1.165) is 16.7 Å². The van der Waals surface area contributed by atoms with E-state index in [9.17, 15) is 14.9 Å². The Morgan fingerprint density at radius 1 is 1.14 bits per heavy atom. The number of nitrogens with zero attached hydrogens (tertiary/aromatic N) is 2. The molecule has 0 spiro atoms. The molecule has 35 heavy (non-hydrogen) atoms. The lowest BCUT2D eigenvalue weighted by Gasteiger charge is -2.31. The van der Waals surface area contributed by atoms with Crippen LogP contribution < -0.4 is 4.74 Å². The van der Waals surface area contributed by atoms with Gasteiger partial charge in [0.2, 0.25) is 6.04 Å². The average Bonchev–Trinajstić information content (AvgIpc) is 2.87. The van der Waals surface area contributed by atoms with Gasteiger partial charge >= 0.3 is 5.97 Å². The van der Waals surface area contributed by atoms with Gasteiger partial charge < -0.3 is 9.47 Å². The summed E-state index contributed by atoms with van der Waals surface area (Å²) in [4.78, 5) is 28.0. The second kappa shape index (κ2) is 10.9. The van der Waals surface area contributed by atoms with E-state index in [1.54, 1.807) is 54.9 Å². The molecule has 0 aliphatic heterocycles. The van der Waals surface area contributed by atoms with E-state index in [4.69, 9.17) is 32.7 Å². The molecule has 4 rings (SSSR count). The first-order chi connectivity index (χ1) is 16.9. The fourth-order valence-corrected chi connectivity index (χ4v) is 4.92. The monoisotopic (exact) mass is 512 g/mol. The molecule has 1 heterocycles. The Balaban J connectivity index is 1.70. The van der Waals surface area contributed by atoms with E-state index in [-0.39, 0.29) is 18.0 Å². The minimum absolute atomic E-state index is 0.125. The first-order valence-electron chi connectivity index (χ1n) is 10.9. The number of methoxy groups -OCH3 is 1. The Hall–Kier alpha value is -3.42. The first-order valence-corrected chi connectivity index (χ1v) is 11.6. The van der Waals surface area contributed by atoms with Gasteiger partial charge in [-0.05, 0) is 65.1 Å². The lowest BCUT2D eigenvalue weighted by Crippen LogP contribution is -2.33. The summed E-state index contributed by atoms with van der Waals surface area (Å²) < 4.78 is 10.8. The molecule has 0 unspecified atom stereocenters. The Bertz CT molecular complexity index is 1280. The Morgan fingerprint density at radius 2 is 1.97 bits per heavy atom. The molecule has 0 saturated carbocycles. The summed E-state index contributed by atoms with van der Waals surface area (Å²) in [5.74, 6) is -0.456. The quantitative estimate of drug-likeness (QED) is 0.211. The van der Waals surface area contributed by atoms with Crippen LogP contribution in [0.15, 0.2) is 72.6 Å². The summed E-state index contributed by atoms with van der Waals surface area (Å²) in [7, 11) is 1.31. The van der Waals surface area contributed by atoms with Crippen molar-refractivity contribution in [2.45, 2.75) is 24.8 Å². The molecule has 0 saturated heterocycles. The van der Waals surface area contributed by atoms with Crippen LogP contribution in [0.1, 0.15) is 40.2 Å². The molecule has 3 aromatic rings. The summed E-state index contributed by atoms with van der Waals surface area (Å²) in [5.41, 5.74) is 3.63. The molecule has 1 aromatic heterocycles. The molecule has 2 atom stereocenters. The van der Waals surface area contributed by atoms with Gasteiger partial charge in [-0.3, -0.25) is 15.1 Å². The van der Waals surface area contributed by atoms with Crippen molar-refractivity contribution in [1.82, 2.24) is 4.98 Å². The summed E-state index contributed by atoms with van der Waals surface area (Å²) in [6, 6.07) is 14.5. The van der Waals surface area contributed by atoms with Gasteiger partial charge in [0.15, 0.2) is 0 Å². The highest BCUT2D eigenvalue weighted by Gasteiger charge is 2.40. The number of ether oxygens (including phenoxy) is 2. The van der Waals surface area contributed by atoms with Crippen LogP contribution in [0.5, 0.6) is 5.75 Å². The Morgan fingerprint density at radius 3 is 2.66 bits per heavy atom. The minimum Gasteiger partial charge on any atom is -0.489 e. The number of halogens is 2. The molecule has 180 valence electrons. The summed E-state index contributed by atoms with van der Waals surface area (Å²) in [6.45, 7) is 0.125. The number of esters is 1. The third kappa shape index (κ3) is 5.63. The van der Waals surface area contributed by atoms with E-state index in [1.807, 2.05) is 12.1 Å². The number of nitro groups is 1. The first kappa shape index (κ1) is 24.7. The summed E-state index contributed by atoms with van der Waals surface area (Å²) in [6.07, 6.45) is 3.98. The maximum atomic E-state index is 12.1. The maximum Gasteiger partial charge on any atom is 0.337 e. The smallest absolute Gasteiger partial charge is 0.337 e. The van der Waals surface area contributed by atoms with Gasteiger partial charge in [0, 0.05) is 33.8 Å². The summed E-state index contributed by atoms with van der Waals surface area (Å²) >= 11 is 12.5. The molecule has 7 nitrogen and oxygen atoms in total. The molecule has 2 aromatic carbocycles. The molecule has 0 bridgehead atoms. The van der Waals surface area contributed by atoms with Crippen molar-refractivity contribution < 1.29 is 19.2 Å². The number of rotatable bonds is 7. The van der Waals surface area contributed by atoms with Crippen LogP contribution >= 0.6 is 23.2 Å². The highest BCUT2D eigenvalue weighted by atomic mass is 35.5. The van der Waals surface area contributed by atoms with Crippen LogP contribution in [0, 0.1) is 10.1 Å².